The summed E-state index contributed by atoms with van der Waals surface area (Å²) in [4.78, 5) is 24.1. The fourth-order valence-corrected chi connectivity index (χ4v) is 5.23. The molecule has 8 nitrogen and oxygen atoms in total. The van der Waals surface area contributed by atoms with Crippen molar-refractivity contribution in [2.24, 2.45) is 5.92 Å². The summed E-state index contributed by atoms with van der Waals surface area (Å²) in [6, 6.07) is 3.06. The second-order valence-electron chi connectivity index (χ2n) is 8.39. The molecule has 2 heterocycles. The molecule has 154 valence electrons. The number of aryl methyl sites for hydroxylation is 1. The summed E-state index contributed by atoms with van der Waals surface area (Å²) >= 11 is 0. The lowest BCUT2D eigenvalue weighted by atomic mass is 9.97. The van der Waals surface area contributed by atoms with Crippen LogP contribution in [0.25, 0.3) is 0 Å². The number of amides is 2. The first-order valence-electron chi connectivity index (χ1n) is 9.37. The molecular weight excluding hydrogens is 382 g/mol. The van der Waals surface area contributed by atoms with Gasteiger partial charge in [-0.2, -0.15) is 4.31 Å². The molecule has 2 aliphatic rings. The van der Waals surface area contributed by atoms with Crippen molar-refractivity contribution in [2.75, 3.05) is 25.0 Å². The predicted molar refractivity (Wildman–Crippen MR) is 105 cm³/mol. The zero-order valence-electron chi connectivity index (χ0n) is 16.7. The van der Waals surface area contributed by atoms with Crippen LogP contribution in [-0.2, 0) is 19.6 Å². The molecule has 0 spiro atoms. The Balaban J connectivity index is 1.84. The van der Waals surface area contributed by atoms with Crippen molar-refractivity contribution >= 4 is 27.5 Å². The largest absolute Gasteiger partial charge is 0.482 e. The van der Waals surface area contributed by atoms with Crippen molar-refractivity contribution in [1.82, 2.24) is 9.62 Å². The SMILES string of the molecule is Cc1cc2c(cc1S(=O)(=O)N1CCC[C@H](C(=O)NC(C)(C)C)C1)OCC(=O)N2. The maximum absolute atomic E-state index is 13.3. The topological polar surface area (TPSA) is 105 Å². The molecule has 9 heteroatoms. The Labute approximate surface area is 165 Å². The molecule has 1 atom stereocenters. The summed E-state index contributed by atoms with van der Waals surface area (Å²) in [6.07, 6.45) is 1.28. The maximum atomic E-state index is 13.3. The molecule has 1 fully saturated rings. The molecule has 2 aliphatic heterocycles. The molecule has 1 saturated heterocycles. The van der Waals surface area contributed by atoms with Gasteiger partial charge in [0.05, 0.1) is 16.5 Å². The quantitative estimate of drug-likeness (QED) is 0.790. The van der Waals surface area contributed by atoms with E-state index in [1.165, 1.54) is 10.4 Å². The summed E-state index contributed by atoms with van der Waals surface area (Å²) in [5.41, 5.74) is 0.620. The van der Waals surface area contributed by atoms with E-state index in [1.807, 2.05) is 20.8 Å². The van der Waals surface area contributed by atoms with Crippen molar-refractivity contribution in [1.29, 1.82) is 0 Å². The number of benzene rings is 1. The number of sulfonamides is 1. The first-order valence-corrected chi connectivity index (χ1v) is 10.8. The van der Waals surface area contributed by atoms with E-state index < -0.39 is 10.0 Å². The van der Waals surface area contributed by atoms with Gasteiger partial charge in [0, 0.05) is 24.7 Å². The number of nitrogens with zero attached hydrogens (tertiary/aromatic N) is 1. The minimum atomic E-state index is -3.79. The van der Waals surface area contributed by atoms with Crippen molar-refractivity contribution in [3.8, 4) is 5.75 Å². The average Bonchev–Trinajstić information content (AvgIpc) is 2.59. The van der Waals surface area contributed by atoms with Crippen LogP contribution in [0.15, 0.2) is 17.0 Å². The monoisotopic (exact) mass is 409 g/mol. The van der Waals surface area contributed by atoms with Gasteiger partial charge in [-0.1, -0.05) is 0 Å². The zero-order valence-corrected chi connectivity index (χ0v) is 17.5. The number of anilines is 1. The number of rotatable bonds is 3. The summed E-state index contributed by atoms with van der Waals surface area (Å²) in [5.74, 6) is -0.439. The highest BCUT2D eigenvalue weighted by Crippen LogP contribution is 2.35. The number of carbonyl (C=O) groups excluding carboxylic acids is 2. The molecule has 1 aromatic rings. The molecule has 0 radical (unpaired) electrons. The molecule has 0 aromatic heterocycles. The third kappa shape index (κ3) is 4.30. The lowest BCUT2D eigenvalue weighted by molar-refractivity contribution is -0.127. The van der Waals surface area contributed by atoms with E-state index in [2.05, 4.69) is 10.6 Å². The van der Waals surface area contributed by atoms with E-state index >= 15 is 0 Å². The standard InChI is InChI=1S/C19H27N3O5S/c1-12-8-14-15(27-11-17(23)20-14)9-16(12)28(25,26)22-7-5-6-13(10-22)18(24)21-19(2,3)4/h8-9,13H,5-7,10-11H2,1-4H3,(H,20,23)(H,21,24)/t13-/m0/s1. The Morgan fingerprint density at radius 1 is 1.32 bits per heavy atom. The first kappa shape index (κ1) is 20.6. The van der Waals surface area contributed by atoms with Gasteiger partial charge in [0.1, 0.15) is 5.75 Å². The van der Waals surface area contributed by atoms with Crippen LogP contribution in [-0.4, -0.2) is 49.8 Å². The zero-order chi connectivity index (χ0) is 20.7. The second kappa shape index (κ2) is 7.36. The molecule has 0 saturated carbocycles. The van der Waals surface area contributed by atoms with Crippen LogP contribution in [0.4, 0.5) is 5.69 Å². The van der Waals surface area contributed by atoms with Crippen LogP contribution < -0.4 is 15.4 Å². The average molecular weight is 410 g/mol. The molecule has 2 amide bonds. The van der Waals surface area contributed by atoms with Crippen molar-refractivity contribution in [3.05, 3.63) is 17.7 Å². The minimum Gasteiger partial charge on any atom is -0.482 e. The number of piperidine rings is 1. The van der Waals surface area contributed by atoms with Gasteiger partial charge in [-0.15, -0.1) is 0 Å². The van der Waals surface area contributed by atoms with E-state index in [1.54, 1.807) is 13.0 Å². The van der Waals surface area contributed by atoms with Crippen molar-refractivity contribution < 1.29 is 22.7 Å². The highest BCUT2D eigenvalue weighted by molar-refractivity contribution is 7.89. The maximum Gasteiger partial charge on any atom is 0.262 e. The van der Waals surface area contributed by atoms with Crippen LogP contribution in [0.1, 0.15) is 39.2 Å². The van der Waals surface area contributed by atoms with Crippen LogP contribution in [0.2, 0.25) is 0 Å². The van der Waals surface area contributed by atoms with E-state index in [-0.39, 0.29) is 41.3 Å². The lowest BCUT2D eigenvalue weighted by Gasteiger charge is -2.33. The molecule has 1 aromatic carbocycles. The van der Waals surface area contributed by atoms with Crippen molar-refractivity contribution in [2.45, 2.75) is 51.0 Å². The molecule has 0 unspecified atom stereocenters. The van der Waals surface area contributed by atoms with Gasteiger partial charge in [0.25, 0.3) is 5.91 Å². The molecule has 28 heavy (non-hydrogen) atoms. The molecule has 0 bridgehead atoms. The lowest BCUT2D eigenvalue weighted by Crippen LogP contribution is -2.49. The third-order valence-electron chi connectivity index (χ3n) is 4.78. The highest BCUT2D eigenvalue weighted by Gasteiger charge is 2.35. The Morgan fingerprint density at radius 2 is 2.04 bits per heavy atom. The Morgan fingerprint density at radius 3 is 2.71 bits per heavy atom. The summed E-state index contributed by atoms with van der Waals surface area (Å²) in [6.45, 7) is 7.76. The first-order chi connectivity index (χ1) is 13.0. The summed E-state index contributed by atoms with van der Waals surface area (Å²) < 4.78 is 33.3. The number of nitrogens with one attached hydrogen (secondary N) is 2. The van der Waals surface area contributed by atoms with Gasteiger partial charge in [-0.05, 0) is 52.2 Å². The summed E-state index contributed by atoms with van der Waals surface area (Å²) in [7, 11) is -3.79. The predicted octanol–water partition coefficient (Wildman–Crippen LogP) is 1.64. The van der Waals surface area contributed by atoms with Crippen LogP contribution in [0.3, 0.4) is 0 Å². The second-order valence-corrected chi connectivity index (χ2v) is 10.3. The fraction of sp³-hybridized carbons (Fsp3) is 0.579. The van der Waals surface area contributed by atoms with E-state index in [4.69, 9.17) is 4.74 Å². The number of hydrogen-bond donors (Lipinski definition) is 2. The third-order valence-corrected chi connectivity index (χ3v) is 6.79. The number of hydrogen-bond acceptors (Lipinski definition) is 5. The minimum absolute atomic E-state index is 0.124. The Kier molecular flexibility index (Phi) is 5.42. The van der Waals surface area contributed by atoms with Gasteiger partial charge in [0.15, 0.2) is 6.61 Å². The number of ether oxygens (including phenoxy) is 1. The number of carbonyl (C=O) groups is 2. The van der Waals surface area contributed by atoms with Gasteiger partial charge < -0.3 is 15.4 Å². The smallest absolute Gasteiger partial charge is 0.262 e. The van der Waals surface area contributed by atoms with E-state index in [9.17, 15) is 18.0 Å². The normalized spacial score (nSPS) is 20.7. The molecular formula is C19H27N3O5S. The van der Waals surface area contributed by atoms with E-state index in [0.717, 1.165) is 0 Å². The van der Waals surface area contributed by atoms with Crippen LogP contribution in [0.5, 0.6) is 5.75 Å². The summed E-state index contributed by atoms with van der Waals surface area (Å²) in [5, 5.41) is 5.61. The molecule has 0 aliphatic carbocycles. The number of fused-ring (bicyclic) bond motifs is 1. The van der Waals surface area contributed by atoms with Gasteiger partial charge in [-0.3, -0.25) is 9.59 Å². The van der Waals surface area contributed by atoms with Crippen LogP contribution >= 0.6 is 0 Å². The van der Waals surface area contributed by atoms with Gasteiger partial charge >= 0.3 is 0 Å². The Bertz CT molecular complexity index is 905. The molecule has 3 rings (SSSR count). The van der Waals surface area contributed by atoms with Crippen molar-refractivity contribution in [3.63, 3.8) is 0 Å². The van der Waals surface area contributed by atoms with Gasteiger partial charge in [-0.25, -0.2) is 8.42 Å². The van der Waals surface area contributed by atoms with Crippen LogP contribution in [0, 0.1) is 12.8 Å². The van der Waals surface area contributed by atoms with Gasteiger partial charge in [0.2, 0.25) is 15.9 Å². The highest BCUT2D eigenvalue weighted by atomic mass is 32.2. The Hall–Kier alpha value is -2.13. The molecule has 2 N–H and O–H groups in total. The fourth-order valence-electron chi connectivity index (χ4n) is 3.48. The van der Waals surface area contributed by atoms with E-state index in [0.29, 0.717) is 36.4 Å².